The van der Waals surface area contributed by atoms with E-state index < -0.39 is 0 Å². The average Bonchev–Trinajstić information content (AvgIpc) is 3.26. The Kier molecular flexibility index (Phi) is 9.60. The molecule has 0 aliphatic carbocycles. The van der Waals surface area contributed by atoms with Crippen LogP contribution in [0.25, 0.3) is 0 Å². The number of guanidine groups is 1. The van der Waals surface area contributed by atoms with E-state index in [2.05, 4.69) is 17.1 Å². The fourth-order valence-corrected chi connectivity index (χ4v) is 3.56. The maximum atomic E-state index is 5.96. The zero-order valence-electron chi connectivity index (χ0n) is 17.0. The number of benzene rings is 1. The Morgan fingerprint density at radius 1 is 1.18 bits per heavy atom. The fraction of sp³-hybridized carbons (Fsp3) is 0.650. The average molecular weight is 505 g/mol. The first-order valence-electron chi connectivity index (χ1n) is 9.72. The molecule has 158 valence electrons. The van der Waals surface area contributed by atoms with E-state index in [1.54, 1.807) is 14.2 Å². The van der Waals surface area contributed by atoms with Gasteiger partial charge in [0.2, 0.25) is 0 Å². The van der Waals surface area contributed by atoms with Gasteiger partial charge in [0.15, 0.2) is 17.5 Å². The van der Waals surface area contributed by atoms with E-state index in [0.717, 1.165) is 62.1 Å². The molecule has 2 fully saturated rings. The molecule has 7 nitrogen and oxygen atoms in total. The van der Waals surface area contributed by atoms with Gasteiger partial charge >= 0.3 is 0 Å². The van der Waals surface area contributed by atoms with Gasteiger partial charge in [-0.1, -0.05) is 6.07 Å². The molecule has 1 N–H and O–H groups in total. The SMILES string of the molecule is CCNC(=NCc1ccc(OC)c(OC)c1)N1CCOC(C2CCCO2)C1.I. The van der Waals surface area contributed by atoms with E-state index in [1.807, 2.05) is 18.2 Å². The van der Waals surface area contributed by atoms with Crippen LogP contribution in [0.2, 0.25) is 0 Å². The number of ether oxygens (including phenoxy) is 4. The van der Waals surface area contributed by atoms with Gasteiger partial charge in [0.25, 0.3) is 0 Å². The van der Waals surface area contributed by atoms with Crippen molar-refractivity contribution < 1.29 is 18.9 Å². The highest BCUT2D eigenvalue weighted by Gasteiger charge is 2.32. The summed E-state index contributed by atoms with van der Waals surface area (Å²) in [5.74, 6) is 2.36. The third kappa shape index (κ3) is 5.87. The Bertz CT molecular complexity index is 638. The van der Waals surface area contributed by atoms with Gasteiger partial charge in [0, 0.05) is 26.2 Å². The first-order chi connectivity index (χ1) is 13.2. The molecule has 28 heavy (non-hydrogen) atoms. The maximum Gasteiger partial charge on any atom is 0.194 e. The summed E-state index contributed by atoms with van der Waals surface area (Å²) < 4.78 is 22.5. The van der Waals surface area contributed by atoms with Crippen molar-refractivity contribution in [3.05, 3.63) is 23.8 Å². The van der Waals surface area contributed by atoms with Crippen LogP contribution in [0.5, 0.6) is 11.5 Å². The first-order valence-corrected chi connectivity index (χ1v) is 9.72. The van der Waals surface area contributed by atoms with E-state index in [4.69, 9.17) is 23.9 Å². The molecule has 2 unspecified atom stereocenters. The minimum absolute atomic E-state index is 0. The van der Waals surface area contributed by atoms with Crippen LogP contribution in [0.3, 0.4) is 0 Å². The van der Waals surface area contributed by atoms with E-state index >= 15 is 0 Å². The Hall–Kier alpha value is -1.26. The molecule has 2 atom stereocenters. The van der Waals surface area contributed by atoms with Crippen molar-refractivity contribution in [2.24, 2.45) is 4.99 Å². The number of halogens is 1. The molecule has 2 heterocycles. The molecule has 0 aromatic heterocycles. The van der Waals surface area contributed by atoms with Crippen LogP contribution >= 0.6 is 24.0 Å². The summed E-state index contributed by atoms with van der Waals surface area (Å²) in [6, 6.07) is 5.90. The summed E-state index contributed by atoms with van der Waals surface area (Å²) in [6.45, 7) is 6.67. The predicted octanol–water partition coefficient (Wildman–Crippen LogP) is 2.67. The number of aliphatic imine (C=N–C) groups is 1. The molecule has 0 radical (unpaired) electrons. The molecule has 0 saturated carbocycles. The van der Waals surface area contributed by atoms with Gasteiger partial charge in [-0.05, 0) is 37.5 Å². The monoisotopic (exact) mass is 505 g/mol. The lowest BCUT2D eigenvalue weighted by atomic mass is 10.1. The predicted molar refractivity (Wildman–Crippen MR) is 120 cm³/mol. The third-order valence-electron chi connectivity index (χ3n) is 4.97. The van der Waals surface area contributed by atoms with Gasteiger partial charge in [-0.15, -0.1) is 24.0 Å². The summed E-state index contributed by atoms with van der Waals surface area (Å²) in [4.78, 5) is 7.12. The molecule has 2 aliphatic rings. The number of rotatable bonds is 6. The Labute approximate surface area is 184 Å². The summed E-state index contributed by atoms with van der Waals surface area (Å²) in [5, 5.41) is 3.41. The summed E-state index contributed by atoms with van der Waals surface area (Å²) in [5.41, 5.74) is 1.08. The highest BCUT2D eigenvalue weighted by Crippen LogP contribution is 2.28. The molecule has 2 saturated heterocycles. The second-order valence-electron chi connectivity index (χ2n) is 6.77. The Morgan fingerprint density at radius 2 is 1.96 bits per heavy atom. The molecule has 0 bridgehead atoms. The van der Waals surface area contributed by atoms with E-state index in [9.17, 15) is 0 Å². The molecular weight excluding hydrogens is 473 g/mol. The van der Waals surface area contributed by atoms with E-state index in [0.29, 0.717) is 13.2 Å². The zero-order valence-corrected chi connectivity index (χ0v) is 19.3. The van der Waals surface area contributed by atoms with Crippen molar-refractivity contribution in [1.82, 2.24) is 10.2 Å². The summed E-state index contributed by atoms with van der Waals surface area (Å²) >= 11 is 0. The van der Waals surface area contributed by atoms with Gasteiger partial charge in [-0.3, -0.25) is 0 Å². The van der Waals surface area contributed by atoms with Crippen LogP contribution in [0, 0.1) is 0 Å². The standard InChI is InChI=1S/C20H31N3O4.HI/c1-4-21-20(22-13-15-7-8-16(24-2)18(12-15)25-3)23-9-11-27-19(14-23)17-6-5-10-26-17;/h7-8,12,17,19H,4-6,9-11,13-14H2,1-3H3,(H,21,22);1H. The minimum atomic E-state index is 0. The topological polar surface area (TPSA) is 64.6 Å². The highest BCUT2D eigenvalue weighted by molar-refractivity contribution is 14.0. The van der Waals surface area contributed by atoms with Crippen molar-refractivity contribution in [1.29, 1.82) is 0 Å². The number of methoxy groups -OCH3 is 2. The van der Waals surface area contributed by atoms with Crippen molar-refractivity contribution in [3.8, 4) is 11.5 Å². The molecule has 0 amide bonds. The first kappa shape index (κ1) is 23.0. The van der Waals surface area contributed by atoms with Crippen molar-refractivity contribution in [2.75, 3.05) is 47.1 Å². The van der Waals surface area contributed by atoms with Gasteiger partial charge < -0.3 is 29.2 Å². The van der Waals surface area contributed by atoms with Gasteiger partial charge in [0.1, 0.15) is 6.10 Å². The van der Waals surface area contributed by atoms with Crippen LogP contribution in [-0.2, 0) is 16.0 Å². The van der Waals surface area contributed by atoms with Crippen LogP contribution in [0.15, 0.2) is 23.2 Å². The van der Waals surface area contributed by atoms with Crippen LogP contribution in [0.1, 0.15) is 25.3 Å². The van der Waals surface area contributed by atoms with Gasteiger partial charge in [-0.2, -0.15) is 0 Å². The Balaban J connectivity index is 0.00000280. The lowest BCUT2D eigenvalue weighted by Gasteiger charge is -2.37. The number of morpholine rings is 1. The lowest BCUT2D eigenvalue weighted by molar-refractivity contribution is -0.0817. The molecule has 8 heteroatoms. The third-order valence-corrected chi connectivity index (χ3v) is 4.97. The fourth-order valence-electron chi connectivity index (χ4n) is 3.56. The molecule has 1 aromatic carbocycles. The molecule has 1 aromatic rings. The van der Waals surface area contributed by atoms with E-state index in [-0.39, 0.29) is 36.2 Å². The maximum absolute atomic E-state index is 5.96. The van der Waals surface area contributed by atoms with Crippen LogP contribution in [-0.4, -0.2) is 70.1 Å². The number of hydrogen-bond acceptors (Lipinski definition) is 5. The van der Waals surface area contributed by atoms with Gasteiger partial charge in [0.05, 0.1) is 33.5 Å². The minimum Gasteiger partial charge on any atom is -0.493 e. The number of nitrogens with one attached hydrogen (secondary N) is 1. The second-order valence-corrected chi connectivity index (χ2v) is 6.77. The molecule has 0 spiro atoms. The molecular formula is C20H32IN3O4. The number of hydrogen-bond donors (Lipinski definition) is 1. The van der Waals surface area contributed by atoms with Crippen LogP contribution in [0.4, 0.5) is 0 Å². The number of nitrogens with zero attached hydrogens (tertiary/aromatic N) is 2. The van der Waals surface area contributed by atoms with Crippen molar-refractivity contribution in [3.63, 3.8) is 0 Å². The molecule has 3 rings (SSSR count). The van der Waals surface area contributed by atoms with E-state index in [1.165, 1.54) is 0 Å². The molecule has 2 aliphatic heterocycles. The summed E-state index contributed by atoms with van der Waals surface area (Å²) in [7, 11) is 3.29. The zero-order chi connectivity index (χ0) is 19.1. The quantitative estimate of drug-likeness (QED) is 0.365. The summed E-state index contributed by atoms with van der Waals surface area (Å²) in [6.07, 6.45) is 2.53. The smallest absolute Gasteiger partial charge is 0.194 e. The lowest BCUT2D eigenvalue weighted by Crippen LogP contribution is -2.53. The highest BCUT2D eigenvalue weighted by atomic mass is 127. The van der Waals surface area contributed by atoms with Crippen LogP contribution < -0.4 is 14.8 Å². The van der Waals surface area contributed by atoms with Crippen molar-refractivity contribution in [2.45, 2.75) is 38.5 Å². The van der Waals surface area contributed by atoms with Crippen molar-refractivity contribution >= 4 is 29.9 Å². The normalized spacial score (nSPS) is 22.5. The largest absolute Gasteiger partial charge is 0.493 e. The Morgan fingerprint density at radius 3 is 2.64 bits per heavy atom. The second kappa shape index (κ2) is 11.7. The van der Waals surface area contributed by atoms with Gasteiger partial charge in [-0.25, -0.2) is 4.99 Å².